The number of nitrogens with one attached hydrogen (secondary N) is 1. The second-order valence-electron chi connectivity index (χ2n) is 7.42. The molecule has 2 aliphatic rings. The molecular weight excluding hydrogens is 369 g/mol. The maximum Gasteiger partial charge on any atom is 0.224 e. The fourth-order valence-corrected chi connectivity index (χ4v) is 4.02. The quantitative estimate of drug-likeness (QED) is 0.727. The van der Waals surface area contributed by atoms with Gasteiger partial charge in [0.15, 0.2) is 0 Å². The molecule has 0 aliphatic carbocycles. The molecule has 0 radical (unpaired) electrons. The van der Waals surface area contributed by atoms with Crippen molar-refractivity contribution in [2.75, 3.05) is 42.9 Å². The van der Waals surface area contributed by atoms with E-state index in [1.54, 1.807) is 30.5 Å². The highest BCUT2D eigenvalue weighted by atomic mass is 19.1. The summed E-state index contributed by atoms with van der Waals surface area (Å²) in [6.45, 7) is 3.96. The average Bonchev–Trinajstić information content (AvgIpc) is 3.25. The normalized spacial score (nSPS) is 22.9. The Balaban J connectivity index is 1.23. The van der Waals surface area contributed by atoms with Gasteiger partial charge in [-0.1, -0.05) is 12.1 Å². The lowest BCUT2D eigenvalue weighted by Gasteiger charge is -2.36. The lowest BCUT2D eigenvalue weighted by atomic mass is 9.99. The molecule has 0 atom stereocenters. The van der Waals surface area contributed by atoms with Crippen LogP contribution in [0.2, 0.25) is 0 Å². The highest BCUT2D eigenvalue weighted by Crippen LogP contribution is 2.30. The first kappa shape index (κ1) is 14.2. The number of carbonyl (C=O) groups is 1. The number of fused-ring (bicyclic) bond motifs is 2. The molecule has 0 bridgehead atoms. The zero-order valence-electron chi connectivity index (χ0n) is 19.9. The van der Waals surface area contributed by atoms with Crippen LogP contribution in [0.15, 0.2) is 47.1 Å². The third-order valence-electron chi connectivity index (χ3n) is 5.59. The zero-order valence-corrected chi connectivity index (χ0v) is 15.9. The predicted molar refractivity (Wildman–Crippen MR) is 112 cm³/mol. The van der Waals surface area contributed by atoms with Crippen LogP contribution in [0.3, 0.4) is 0 Å². The summed E-state index contributed by atoms with van der Waals surface area (Å²) < 4.78 is 51.2. The molecule has 2 aliphatic heterocycles. The number of aryl methyl sites for hydroxylation is 1. The number of nitrogens with zero attached hydrogens (tertiary/aromatic N) is 2. The monoisotopic (exact) mass is 397 g/mol. The number of anilines is 2. The lowest BCUT2D eigenvalue weighted by Crippen LogP contribution is -2.47. The van der Waals surface area contributed by atoms with E-state index < -0.39 is 18.7 Å². The van der Waals surface area contributed by atoms with Gasteiger partial charge < -0.3 is 14.6 Å². The molecule has 150 valence electrons. The van der Waals surface area contributed by atoms with E-state index in [4.69, 9.17) is 9.90 Å². The summed E-state index contributed by atoms with van der Waals surface area (Å²) in [5, 5.41) is 3.42. The molecule has 1 N–H and O–H groups in total. The van der Waals surface area contributed by atoms with Crippen molar-refractivity contribution < 1.29 is 19.1 Å². The molecule has 29 heavy (non-hydrogen) atoms. The van der Waals surface area contributed by atoms with Gasteiger partial charge in [-0.05, 0) is 42.1 Å². The van der Waals surface area contributed by atoms with Gasteiger partial charge in [-0.2, -0.15) is 0 Å². The zero-order chi connectivity index (χ0) is 23.4. The van der Waals surface area contributed by atoms with Gasteiger partial charge in [0, 0.05) is 61.7 Å². The summed E-state index contributed by atoms with van der Waals surface area (Å²) in [6.07, 6.45) is -2.73. The van der Waals surface area contributed by atoms with Crippen molar-refractivity contribution in [1.82, 2.24) is 4.90 Å². The number of halogens is 1. The van der Waals surface area contributed by atoms with Crippen molar-refractivity contribution in [3.63, 3.8) is 0 Å². The summed E-state index contributed by atoms with van der Waals surface area (Å²) in [5.74, 6) is -1.27. The second-order valence-corrected chi connectivity index (χ2v) is 7.42. The van der Waals surface area contributed by atoms with Crippen LogP contribution < -0.4 is 10.2 Å². The average molecular weight is 397 g/mol. The van der Waals surface area contributed by atoms with E-state index in [1.807, 2.05) is 6.07 Å². The van der Waals surface area contributed by atoms with Crippen molar-refractivity contribution in [2.45, 2.75) is 19.2 Å². The maximum atomic E-state index is 14.0. The van der Waals surface area contributed by atoms with Crippen LogP contribution in [0.5, 0.6) is 0 Å². The molecule has 0 saturated carbocycles. The molecule has 5 nitrogen and oxygen atoms in total. The molecule has 1 fully saturated rings. The predicted octanol–water partition coefficient (Wildman–Crippen LogP) is 3.82. The molecule has 5 rings (SSSR count). The maximum absolute atomic E-state index is 14.0. The summed E-state index contributed by atoms with van der Waals surface area (Å²) in [5.41, 5.74) is 2.82. The molecule has 0 unspecified atom stereocenters. The SMILES string of the molecule is [2H]C1([2H])C(=O)Nc2cc(CCN3CCN(c4cc(F)cc5occc45)CC3)ccc2C1([2H])[2H]. The number of hydrogen-bond donors (Lipinski definition) is 1. The molecule has 1 aromatic heterocycles. The van der Waals surface area contributed by atoms with Gasteiger partial charge in [0.1, 0.15) is 11.4 Å². The number of piperazine rings is 1. The molecule has 3 aromatic rings. The van der Waals surface area contributed by atoms with E-state index in [2.05, 4.69) is 15.1 Å². The minimum Gasteiger partial charge on any atom is -0.464 e. The molecule has 3 heterocycles. The van der Waals surface area contributed by atoms with Crippen LogP contribution in [0.4, 0.5) is 15.8 Å². The Morgan fingerprint density at radius 1 is 1.10 bits per heavy atom. The summed E-state index contributed by atoms with van der Waals surface area (Å²) in [7, 11) is 0. The number of furan rings is 1. The van der Waals surface area contributed by atoms with Gasteiger partial charge in [-0.3, -0.25) is 9.69 Å². The molecule has 6 heteroatoms. The summed E-state index contributed by atoms with van der Waals surface area (Å²) >= 11 is 0. The second kappa shape index (κ2) is 7.52. The Morgan fingerprint density at radius 3 is 2.83 bits per heavy atom. The van der Waals surface area contributed by atoms with Crippen molar-refractivity contribution in [3.05, 3.63) is 59.6 Å². The Labute approximate surface area is 174 Å². The van der Waals surface area contributed by atoms with E-state index in [0.29, 0.717) is 17.7 Å². The Kier molecular flexibility index (Phi) is 3.68. The van der Waals surface area contributed by atoms with E-state index in [9.17, 15) is 9.18 Å². The first-order valence-corrected chi connectivity index (χ1v) is 9.76. The van der Waals surface area contributed by atoms with Crippen LogP contribution in [-0.2, 0) is 17.6 Å². The van der Waals surface area contributed by atoms with Crippen LogP contribution >= 0.6 is 0 Å². The molecule has 0 spiro atoms. The van der Waals surface area contributed by atoms with Crippen molar-refractivity contribution in [2.24, 2.45) is 0 Å². The number of carbonyl (C=O) groups excluding carboxylic acids is 1. The van der Waals surface area contributed by atoms with Crippen LogP contribution in [-0.4, -0.2) is 43.5 Å². The van der Waals surface area contributed by atoms with Gasteiger partial charge in [-0.15, -0.1) is 0 Å². The van der Waals surface area contributed by atoms with E-state index >= 15 is 0 Å². The Bertz CT molecular complexity index is 1220. The van der Waals surface area contributed by atoms with Gasteiger partial charge in [0.05, 0.1) is 12.0 Å². The van der Waals surface area contributed by atoms with Gasteiger partial charge in [0.2, 0.25) is 5.91 Å². The first-order chi connectivity index (χ1) is 15.7. The molecule has 1 saturated heterocycles. The summed E-state index contributed by atoms with van der Waals surface area (Å²) in [4.78, 5) is 16.6. The smallest absolute Gasteiger partial charge is 0.224 e. The third-order valence-corrected chi connectivity index (χ3v) is 5.59. The fraction of sp³-hybridized carbons (Fsp3) is 0.348. The minimum absolute atomic E-state index is 0.158. The van der Waals surface area contributed by atoms with Crippen LogP contribution in [0.1, 0.15) is 23.0 Å². The highest BCUT2D eigenvalue weighted by Gasteiger charge is 2.20. The van der Waals surface area contributed by atoms with Crippen LogP contribution in [0, 0.1) is 5.82 Å². The lowest BCUT2D eigenvalue weighted by molar-refractivity contribution is -0.116. The van der Waals surface area contributed by atoms with E-state index in [1.165, 1.54) is 6.07 Å². The fourth-order valence-electron chi connectivity index (χ4n) is 4.02. The van der Waals surface area contributed by atoms with Crippen LogP contribution in [0.25, 0.3) is 11.0 Å². The van der Waals surface area contributed by atoms with E-state index in [-0.39, 0.29) is 11.4 Å². The van der Waals surface area contributed by atoms with Crippen molar-refractivity contribution >= 4 is 28.3 Å². The standard InChI is InChI=1S/C23H24FN3O2/c24-18-14-21(19-6-12-29-22(19)15-18)27-10-8-26(9-11-27)7-5-16-1-2-17-3-4-23(28)25-20(17)13-16/h1-2,6,12-15H,3-5,7-11H2,(H,25,28)/i3D2,4D2. The molecule has 2 aromatic carbocycles. The van der Waals surface area contributed by atoms with Crippen molar-refractivity contribution in [3.8, 4) is 0 Å². The highest BCUT2D eigenvalue weighted by molar-refractivity contribution is 5.94. The Hall–Kier alpha value is -2.86. The van der Waals surface area contributed by atoms with Gasteiger partial charge >= 0.3 is 0 Å². The Morgan fingerprint density at radius 2 is 1.97 bits per heavy atom. The number of amides is 1. The molecule has 1 amide bonds. The largest absolute Gasteiger partial charge is 0.464 e. The molecular formula is C23H24FN3O2. The topological polar surface area (TPSA) is 48.7 Å². The minimum atomic E-state index is -2.62. The number of rotatable bonds is 4. The first-order valence-electron chi connectivity index (χ1n) is 11.8. The van der Waals surface area contributed by atoms with Crippen molar-refractivity contribution in [1.29, 1.82) is 0 Å². The van der Waals surface area contributed by atoms with Gasteiger partial charge in [-0.25, -0.2) is 4.39 Å². The van der Waals surface area contributed by atoms with E-state index in [0.717, 1.165) is 49.4 Å². The third kappa shape index (κ3) is 3.72. The number of benzene rings is 2. The summed E-state index contributed by atoms with van der Waals surface area (Å²) in [6, 6.07) is 9.91. The number of hydrogen-bond acceptors (Lipinski definition) is 4. The van der Waals surface area contributed by atoms with Gasteiger partial charge in [0.25, 0.3) is 0 Å².